The quantitative estimate of drug-likeness (QED) is 0.309. The first-order valence-electron chi connectivity index (χ1n) is 4.54. The minimum absolute atomic E-state index is 0.0712. The number of carbonyl (C=O) groups is 2. The fraction of sp³-hybridized carbons (Fsp3) is 0.750. The molecule has 0 aromatic heterocycles. The summed E-state index contributed by atoms with van der Waals surface area (Å²) in [4.78, 5) is 21.0. The summed E-state index contributed by atoms with van der Waals surface area (Å²) < 4.78 is 23.7. The van der Waals surface area contributed by atoms with Gasteiger partial charge in [0.2, 0.25) is 0 Å². The zero-order valence-electron chi connectivity index (χ0n) is 8.53. The van der Waals surface area contributed by atoms with Crippen LogP contribution in [-0.2, 0) is 9.59 Å². The minimum atomic E-state index is -3.38. The van der Waals surface area contributed by atoms with Crippen LogP contribution in [0.15, 0.2) is 0 Å². The molecule has 17 heavy (non-hydrogen) atoms. The molecule has 100 valence electrons. The van der Waals surface area contributed by atoms with Crippen molar-refractivity contribution >= 4 is 12.2 Å². The van der Waals surface area contributed by atoms with Crippen molar-refractivity contribution in [2.45, 2.75) is 30.8 Å². The average Bonchev–Trinajstić information content (AvgIpc) is 2.32. The van der Waals surface area contributed by atoms with Crippen molar-refractivity contribution in [1.29, 1.82) is 0 Å². The number of aliphatic hydroxyl groups is 4. The standard InChI is InChI=1S/C8H13F2NO6/c9-7(10)8(17)11-3(1-12)5(15)6(16)4(14)2-13/h1,3-7,13-16H,2H2,(H,11,17)/t3-,4+,5+,6+/m0/s1. The Kier molecular flexibility index (Phi) is 6.73. The first-order valence-corrected chi connectivity index (χ1v) is 4.54. The molecule has 0 saturated heterocycles. The van der Waals surface area contributed by atoms with Gasteiger partial charge in [-0.05, 0) is 0 Å². The number of hydrogen-bond donors (Lipinski definition) is 5. The Morgan fingerprint density at radius 2 is 1.76 bits per heavy atom. The summed E-state index contributed by atoms with van der Waals surface area (Å²) in [6.45, 7) is -0.910. The Labute approximate surface area is 94.7 Å². The SMILES string of the molecule is O=C[C@H](NC(=O)C(F)F)[C@@H](O)[C@H](O)[C@H](O)CO. The maximum atomic E-state index is 11.9. The van der Waals surface area contributed by atoms with Crippen molar-refractivity contribution < 1.29 is 38.8 Å². The largest absolute Gasteiger partial charge is 0.394 e. The Hall–Kier alpha value is -1.16. The van der Waals surface area contributed by atoms with E-state index in [0.717, 1.165) is 0 Å². The van der Waals surface area contributed by atoms with Crippen LogP contribution in [0, 0.1) is 0 Å². The van der Waals surface area contributed by atoms with Gasteiger partial charge in [-0.2, -0.15) is 8.78 Å². The van der Waals surface area contributed by atoms with Gasteiger partial charge in [-0.25, -0.2) is 0 Å². The maximum Gasteiger partial charge on any atom is 0.315 e. The van der Waals surface area contributed by atoms with Crippen LogP contribution in [0.5, 0.6) is 0 Å². The van der Waals surface area contributed by atoms with Crippen LogP contribution in [0.3, 0.4) is 0 Å². The molecular formula is C8H13F2NO6. The summed E-state index contributed by atoms with van der Waals surface area (Å²) in [7, 11) is 0. The van der Waals surface area contributed by atoms with E-state index in [0.29, 0.717) is 0 Å². The number of carbonyl (C=O) groups excluding carboxylic acids is 2. The van der Waals surface area contributed by atoms with E-state index >= 15 is 0 Å². The van der Waals surface area contributed by atoms with E-state index < -0.39 is 43.3 Å². The van der Waals surface area contributed by atoms with Crippen molar-refractivity contribution in [3.8, 4) is 0 Å². The number of aliphatic hydroxyl groups excluding tert-OH is 4. The number of hydrogen-bond acceptors (Lipinski definition) is 6. The number of rotatable bonds is 7. The van der Waals surface area contributed by atoms with E-state index in [1.165, 1.54) is 5.32 Å². The number of halogens is 2. The van der Waals surface area contributed by atoms with E-state index in [1.54, 1.807) is 0 Å². The highest BCUT2D eigenvalue weighted by Crippen LogP contribution is 2.04. The molecule has 5 N–H and O–H groups in total. The van der Waals surface area contributed by atoms with Crippen LogP contribution in [0.25, 0.3) is 0 Å². The van der Waals surface area contributed by atoms with Gasteiger partial charge in [0.1, 0.15) is 30.6 Å². The molecule has 0 fully saturated rings. The molecule has 0 rings (SSSR count). The van der Waals surface area contributed by atoms with Crippen LogP contribution in [0.2, 0.25) is 0 Å². The normalized spacial score (nSPS) is 18.3. The fourth-order valence-electron chi connectivity index (χ4n) is 0.975. The second-order valence-electron chi connectivity index (χ2n) is 3.20. The van der Waals surface area contributed by atoms with Gasteiger partial charge in [-0.15, -0.1) is 0 Å². The van der Waals surface area contributed by atoms with E-state index in [1.807, 2.05) is 0 Å². The minimum Gasteiger partial charge on any atom is -0.394 e. The Morgan fingerprint density at radius 1 is 1.24 bits per heavy atom. The molecule has 0 bridgehead atoms. The summed E-state index contributed by atoms with van der Waals surface area (Å²) in [5.74, 6) is -1.80. The van der Waals surface area contributed by atoms with Gasteiger partial charge >= 0.3 is 6.43 Å². The molecule has 0 heterocycles. The average molecular weight is 257 g/mol. The summed E-state index contributed by atoms with van der Waals surface area (Å²) in [6.07, 6.45) is -9.20. The fourth-order valence-corrected chi connectivity index (χ4v) is 0.975. The predicted octanol–water partition coefficient (Wildman–Crippen LogP) is -2.99. The smallest absolute Gasteiger partial charge is 0.315 e. The van der Waals surface area contributed by atoms with Gasteiger partial charge < -0.3 is 30.5 Å². The lowest BCUT2D eigenvalue weighted by Crippen LogP contribution is -2.54. The van der Waals surface area contributed by atoms with Crippen LogP contribution < -0.4 is 5.32 Å². The second-order valence-corrected chi connectivity index (χ2v) is 3.20. The highest BCUT2D eigenvalue weighted by atomic mass is 19.3. The van der Waals surface area contributed by atoms with Gasteiger partial charge in [-0.3, -0.25) is 4.79 Å². The van der Waals surface area contributed by atoms with E-state index in [2.05, 4.69) is 0 Å². The molecule has 0 unspecified atom stereocenters. The molecule has 0 saturated carbocycles. The number of alkyl halides is 2. The molecule has 7 nitrogen and oxygen atoms in total. The number of amides is 1. The summed E-state index contributed by atoms with van der Waals surface area (Å²) in [5, 5.41) is 37.4. The van der Waals surface area contributed by atoms with Gasteiger partial charge in [-0.1, -0.05) is 0 Å². The lowest BCUT2D eigenvalue weighted by atomic mass is 10.0. The predicted molar refractivity (Wildman–Crippen MR) is 49.1 cm³/mol. The van der Waals surface area contributed by atoms with Gasteiger partial charge in [0.25, 0.3) is 5.91 Å². The number of nitrogens with one attached hydrogen (secondary N) is 1. The molecule has 4 atom stereocenters. The van der Waals surface area contributed by atoms with E-state index in [9.17, 15) is 28.6 Å². The zero-order chi connectivity index (χ0) is 13.6. The molecule has 9 heteroatoms. The monoisotopic (exact) mass is 257 g/mol. The lowest BCUT2D eigenvalue weighted by molar-refractivity contribution is -0.138. The van der Waals surface area contributed by atoms with Crippen molar-refractivity contribution in [2.24, 2.45) is 0 Å². The highest BCUT2D eigenvalue weighted by molar-refractivity contribution is 5.82. The molecule has 0 aromatic rings. The molecule has 1 amide bonds. The van der Waals surface area contributed by atoms with Gasteiger partial charge in [0.05, 0.1) is 6.61 Å². The third-order valence-electron chi connectivity index (χ3n) is 1.95. The Balaban J connectivity index is 4.55. The van der Waals surface area contributed by atoms with E-state index in [4.69, 9.17) is 10.2 Å². The topological polar surface area (TPSA) is 127 Å². The van der Waals surface area contributed by atoms with Gasteiger partial charge in [0.15, 0.2) is 0 Å². The van der Waals surface area contributed by atoms with Crippen LogP contribution in [-0.4, -0.2) is 70.0 Å². The lowest BCUT2D eigenvalue weighted by Gasteiger charge is -2.26. The van der Waals surface area contributed by atoms with Crippen molar-refractivity contribution in [3.05, 3.63) is 0 Å². The van der Waals surface area contributed by atoms with Crippen molar-refractivity contribution in [3.63, 3.8) is 0 Å². The molecule has 0 radical (unpaired) electrons. The van der Waals surface area contributed by atoms with Gasteiger partial charge in [0, 0.05) is 0 Å². The maximum absolute atomic E-state index is 11.9. The Bertz CT molecular complexity index is 264. The Morgan fingerprint density at radius 3 is 2.12 bits per heavy atom. The van der Waals surface area contributed by atoms with E-state index in [-0.39, 0.29) is 6.29 Å². The summed E-state index contributed by atoms with van der Waals surface area (Å²) in [6, 6.07) is -1.81. The van der Waals surface area contributed by atoms with Crippen LogP contribution in [0.4, 0.5) is 8.78 Å². The molecule has 0 aromatic carbocycles. The first-order chi connectivity index (χ1) is 7.84. The molecule has 0 aliphatic heterocycles. The molecule has 0 spiro atoms. The third kappa shape index (κ3) is 4.69. The summed E-state index contributed by atoms with van der Waals surface area (Å²) >= 11 is 0. The third-order valence-corrected chi connectivity index (χ3v) is 1.95. The highest BCUT2D eigenvalue weighted by Gasteiger charge is 2.33. The molecular weight excluding hydrogens is 244 g/mol. The number of aldehydes is 1. The van der Waals surface area contributed by atoms with Crippen LogP contribution >= 0.6 is 0 Å². The molecule has 0 aliphatic carbocycles. The second kappa shape index (κ2) is 7.22. The summed E-state index contributed by atoms with van der Waals surface area (Å²) in [5.41, 5.74) is 0. The van der Waals surface area contributed by atoms with Crippen molar-refractivity contribution in [2.75, 3.05) is 6.61 Å². The first kappa shape index (κ1) is 15.8. The van der Waals surface area contributed by atoms with Crippen molar-refractivity contribution in [1.82, 2.24) is 5.32 Å². The molecule has 0 aliphatic rings. The van der Waals surface area contributed by atoms with Crippen LogP contribution in [0.1, 0.15) is 0 Å². The zero-order valence-corrected chi connectivity index (χ0v) is 8.53.